The molecule has 2 heterocycles. The fraction of sp³-hybridized carbons (Fsp3) is 0.357. The summed E-state index contributed by atoms with van der Waals surface area (Å²) in [5, 5.41) is 7.71. The van der Waals surface area contributed by atoms with Gasteiger partial charge in [-0.05, 0) is 61.9 Å². The molecule has 1 saturated carbocycles. The van der Waals surface area contributed by atoms with Crippen LogP contribution in [0.5, 0.6) is 0 Å². The molecule has 0 spiro atoms. The van der Waals surface area contributed by atoms with E-state index in [2.05, 4.69) is 39.5 Å². The fourth-order valence-corrected chi connectivity index (χ4v) is 4.25. The van der Waals surface area contributed by atoms with Crippen molar-refractivity contribution in [3.63, 3.8) is 0 Å². The van der Waals surface area contributed by atoms with Crippen molar-refractivity contribution in [1.82, 2.24) is 14.9 Å². The van der Waals surface area contributed by atoms with Crippen LogP contribution in [0, 0.1) is 5.92 Å². The molecule has 2 N–H and O–H groups in total. The van der Waals surface area contributed by atoms with E-state index in [1.807, 2.05) is 56.4 Å². The zero-order valence-corrected chi connectivity index (χ0v) is 19.6. The Morgan fingerprint density at radius 3 is 2.67 bits per heavy atom. The van der Waals surface area contributed by atoms with Crippen molar-refractivity contribution in [2.24, 2.45) is 5.92 Å². The molecular weight excluding hydrogens is 408 g/mol. The summed E-state index contributed by atoms with van der Waals surface area (Å²) in [4.78, 5) is 18.0. The number of anilines is 2. The number of benzene rings is 1. The molecule has 3 aromatic rings. The molecule has 0 amide bonds. The van der Waals surface area contributed by atoms with E-state index in [0.29, 0.717) is 6.54 Å². The van der Waals surface area contributed by atoms with Gasteiger partial charge < -0.3 is 15.2 Å². The monoisotopic (exact) mass is 442 g/mol. The Labute approximate surface area is 196 Å². The molecule has 5 nitrogen and oxygen atoms in total. The number of hydrogen-bond donors (Lipinski definition) is 2. The lowest BCUT2D eigenvalue weighted by atomic mass is 10.1. The van der Waals surface area contributed by atoms with E-state index in [0.717, 1.165) is 53.4 Å². The average Bonchev–Trinajstić information content (AvgIpc) is 3.69. The maximum absolute atomic E-state index is 13.3. The first-order chi connectivity index (χ1) is 16.3. The first-order valence-electron chi connectivity index (χ1n) is 12.2. The molecular formula is C28H34N4O. The molecule has 5 rings (SSSR count). The van der Waals surface area contributed by atoms with E-state index < -0.39 is 0 Å². The van der Waals surface area contributed by atoms with Gasteiger partial charge in [-0.3, -0.25) is 4.79 Å². The summed E-state index contributed by atoms with van der Waals surface area (Å²) in [6.07, 6.45) is 15.0. The highest BCUT2D eigenvalue weighted by molar-refractivity contribution is 5.82. The van der Waals surface area contributed by atoms with Crippen molar-refractivity contribution in [2.75, 3.05) is 11.9 Å². The smallest absolute Gasteiger partial charge is 0.193 e. The van der Waals surface area contributed by atoms with Gasteiger partial charge in [0, 0.05) is 24.5 Å². The molecule has 0 bridgehead atoms. The Kier molecular flexibility index (Phi) is 7.74. The van der Waals surface area contributed by atoms with E-state index in [1.165, 1.54) is 12.8 Å². The Morgan fingerprint density at radius 1 is 1.06 bits per heavy atom. The Bertz CT molecular complexity index is 1180. The second-order valence-electron chi connectivity index (χ2n) is 8.46. The van der Waals surface area contributed by atoms with Crippen molar-refractivity contribution in [3.8, 4) is 0 Å². The molecule has 5 heteroatoms. The summed E-state index contributed by atoms with van der Waals surface area (Å²) >= 11 is 0. The second kappa shape index (κ2) is 11.1. The number of para-hydroxylation sites is 1. The zero-order valence-electron chi connectivity index (χ0n) is 19.6. The van der Waals surface area contributed by atoms with Crippen LogP contribution in [0.1, 0.15) is 51.1 Å². The van der Waals surface area contributed by atoms with Crippen LogP contribution >= 0.6 is 0 Å². The number of aromatic nitrogens is 2. The molecule has 33 heavy (non-hydrogen) atoms. The van der Waals surface area contributed by atoms with Crippen molar-refractivity contribution >= 4 is 22.5 Å². The maximum atomic E-state index is 13.3. The van der Waals surface area contributed by atoms with Crippen LogP contribution < -0.4 is 16.1 Å². The standard InChI is InChI=1S/C26H28N4O.C2H6/c31-23-16-24(29-21-8-4-3-5-9-21)30(22-10-6-1-2-7-11-22)26-25(23)20(14-15-28-26)18-27-17-19-12-13-19;1-2/h1-6,8-10,14-16,19,22,27,29H,7,11-13,17-18H2;1-2H3. The lowest BCUT2D eigenvalue weighted by molar-refractivity contribution is 0.581. The van der Waals surface area contributed by atoms with Crippen LogP contribution in [0.2, 0.25) is 0 Å². The molecule has 2 aliphatic rings. The average molecular weight is 443 g/mol. The van der Waals surface area contributed by atoms with E-state index in [4.69, 9.17) is 4.98 Å². The zero-order chi connectivity index (χ0) is 23.0. The van der Waals surface area contributed by atoms with Gasteiger partial charge in [0.2, 0.25) is 0 Å². The Morgan fingerprint density at radius 2 is 1.88 bits per heavy atom. The maximum Gasteiger partial charge on any atom is 0.193 e. The van der Waals surface area contributed by atoms with E-state index in [1.54, 1.807) is 6.07 Å². The van der Waals surface area contributed by atoms with E-state index >= 15 is 0 Å². The Hall–Kier alpha value is -3.18. The van der Waals surface area contributed by atoms with E-state index in [9.17, 15) is 4.79 Å². The highest BCUT2D eigenvalue weighted by Crippen LogP contribution is 2.30. The van der Waals surface area contributed by atoms with Crippen LogP contribution in [0.4, 0.5) is 11.5 Å². The van der Waals surface area contributed by atoms with Crippen molar-refractivity contribution in [3.05, 3.63) is 88.8 Å². The molecule has 1 aromatic carbocycles. The molecule has 2 aliphatic carbocycles. The predicted molar refractivity (Wildman–Crippen MR) is 138 cm³/mol. The second-order valence-corrected chi connectivity index (χ2v) is 8.46. The highest BCUT2D eigenvalue weighted by Gasteiger charge is 2.22. The third kappa shape index (κ3) is 5.60. The van der Waals surface area contributed by atoms with Crippen molar-refractivity contribution in [2.45, 2.75) is 52.1 Å². The van der Waals surface area contributed by atoms with Crippen LogP contribution in [0.3, 0.4) is 0 Å². The third-order valence-corrected chi connectivity index (χ3v) is 6.05. The normalized spacial score (nSPS) is 17.3. The number of hydrogen-bond acceptors (Lipinski definition) is 4. The number of rotatable bonds is 7. The lowest BCUT2D eigenvalue weighted by Crippen LogP contribution is -2.21. The summed E-state index contributed by atoms with van der Waals surface area (Å²) in [6.45, 7) is 5.71. The number of pyridine rings is 2. The first-order valence-corrected chi connectivity index (χ1v) is 12.2. The molecule has 2 aromatic heterocycles. The van der Waals surface area contributed by atoms with Gasteiger partial charge in [-0.25, -0.2) is 4.98 Å². The summed E-state index contributed by atoms with van der Waals surface area (Å²) in [5.74, 6) is 1.57. The summed E-state index contributed by atoms with van der Waals surface area (Å²) in [7, 11) is 0. The molecule has 0 radical (unpaired) electrons. The largest absolute Gasteiger partial charge is 0.341 e. The van der Waals surface area contributed by atoms with Crippen molar-refractivity contribution in [1.29, 1.82) is 0 Å². The van der Waals surface area contributed by atoms with Gasteiger partial charge >= 0.3 is 0 Å². The van der Waals surface area contributed by atoms with Gasteiger partial charge in [0.25, 0.3) is 0 Å². The minimum Gasteiger partial charge on any atom is -0.341 e. The summed E-state index contributed by atoms with van der Waals surface area (Å²) < 4.78 is 2.19. The number of allylic oxidation sites excluding steroid dienone is 4. The minimum atomic E-state index is 0.0109. The van der Waals surface area contributed by atoms with Crippen molar-refractivity contribution < 1.29 is 0 Å². The molecule has 1 unspecified atom stereocenters. The van der Waals surface area contributed by atoms with Gasteiger partial charge in [-0.15, -0.1) is 0 Å². The highest BCUT2D eigenvalue weighted by atomic mass is 16.1. The quantitative estimate of drug-likeness (QED) is 0.463. The van der Waals surface area contributed by atoms with Gasteiger partial charge in [0.1, 0.15) is 11.5 Å². The van der Waals surface area contributed by atoms with Crippen LogP contribution in [-0.4, -0.2) is 16.1 Å². The predicted octanol–water partition coefficient (Wildman–Crippen LogP) is 6.11. The Balaban J connectivity index is 0.00000126. The molecule has 1 fully saturated rings. The topological polar surface area (TPSA) is 59.0 Å². The van der Waals surface area contributed by atoms with Gasteiger partial charge in [-0.1, -0.05) is 56.4 Å². The molecule has 0 saturated heterocycles. The SMILES string of the molecule is CC.O=c1cc(Nc2ccccc2)n(C2C=CC=CCC2)c2nccc(CNCC3CC3)c12. The van der Waals surface area contributed by atoms with Gasteiger partial charge in [-0.2, -0.15) is 0 Å². The number of nitrogens with zero attached hydrogens (tertiary/aromatic N) is 2. The minimum absolute atomic E-state index is 0.0109. The molecule has 1 atom stereocenters. The molecule has 0 aliphatic heterocycles. The fourth-order valence-electron chi connectivity index (χ4n) is 4.25. The van der Waals surface area contributed by atoms with Gasteiger partial charge in [0.15, 0.2) is 5.43 Å². The third-order valence-electron chi connectivity index (χ3n) is 6.05. The lowest BCUT2D eigenvalue weighted by Gasteiger charge is -2.24. The van der Waals surface area contributed by atoms with Crippen LogP contribution in [0.25, 0.3) is 11.0 Å². The summed E-state index contributed by atoms with van der Waals surface area (Å²) in [5.41, 5.74) is 2.73. The first kappa shape index (κ1) is 23.0. The van der Waals surface area contributed by atoms with Crippen LogP contribution in [0.15, 0.2) is 77.8 Å². The number of nitrogens with one attached hydrogen (secondary N) is 2. The summed E-state index contributed by atoms with van der Waals surface area (Å²) in [6, 6.07) is 13.8. The number of fused-ring (bicyclic) bond motifs is 1. The van der Waals surface area contributed by atoms with E-state index in [-0.39, 0.29) is 11.5 Å². The van der Waals surface area contributed by atoms with Crippen LogP contribution in [-0.2, 0) is 6.54 Å². The van der Waals surface area contributed by atoms with Gasteiger partial charge in [0.05, 0.1) is 11.4 Å². The molecule has 172 valence electrons.